The Morgan fingerprint density at radius 2 is 1.65 bits per heavy atom. The first kappa shape index (κ1) is 20.6. The Hall–Kier alpha value is -1.71. The lowest BCUT2D eigenvalue weighted by molar-refractivity contribution is -0.137. The molecule has 0 spiro atoms. The molecule has 0 amide bonds. The van der Waals surface area contributed by atoms with Crippen molar-refractivity contribution in [1.29, 1.82) is 0 Å². The largest absolute Gasteiger partial charge is 0.416 e. The van der Waals surface area contributed by atoms with Crippen LogP contribution in [0.25, 0.3) is 5.69 Å². The van der Waals surface area contributed by atoms with Gasteiger partial charge in [0.1, 0.15) is 0 Å². The summed E-state index contributed by atoms with van der Waals surface area (Å²) in [6.07, 6.45) is -4.35. The molecule has 144 valence electrons. The molecule has 2 aromatic rings. The molecule has 0 bridgehead atoms. The zero-order valence-corrected chi connectivity index (χ0v) is 15.5. The van der Waals surface area contributed by atoms with E-state index in [2.05, 4.69) is 39.2 Å². The number of benzene rings is 1. The van der Waals surface area contributed by atoms with Crippen LogP contribution >= 0.6 is 12.4 Å². The number of tetrazole rings is 1. The third-order valence-electron chi connectivity index (χ3n) is 4.48. The minimum absolute atomic E-state index is 0. The Morgan fingerprint density at radius 1 is 1.04 bits per heavy atom. The highest BCUT2D eigenvalue weighted by Gasteiger charge is 2.30. The third kappa shape index (κ3) is 4.72. The fraction of sp³-hybridized carbons (Fsp3) is 0.562. The highest BCUT2D eigenvalue weighted by molar-refractivity contribution is 5.85. The highest BCUT2D eigenvalue weighted by atomic mass is 35.5. The lowest BCUT2D eigenvalue weighted by atomic mass is 10.2. The molecule has 6 nitrogen and oxygen atoms in total. The van der Waals surface area contributed by atoms with Crippen LogP contribution in [0.5, 0.6) is 0 Å². The smallest absolute Gasteiger partial charge is 0.298 e. The van der Waals surface area contributed by atoms with Crippen molar-refractivity contribution in [2.45, 2.75) is 32.6 Å². The lowest BCUT2D eigenvalue weighted by Crippen LogP contribution is -2.48. The number of aromatic nitrogens is 4. The van der Waals surface area contributed by atoms with E-state index in [1.165, 1.54) is 16.8 Å². The van der Waals surface area contributed by atoms with Crippen LogP contribution in [0, 0.1) is 0 Å². The Kier molecular flexibility index (Phi) is 6.59. The third-order valence-corrected chi connectivity index (χ3v) is 4.48. The van der Waals surface area contributed by atoms with Gasteiger partial charge in [-0.3, -0.25) is 9.80 Å². The quantitative estimate of drug-likeness (QED) is 0.803. The number of nitrogens with zero attached hydrogens (tertiary/aromatic N) is 6. The normalized spacial score (nSPS) is 16.7. The molecule has 1 fully saturated rings. The molecule has 0 aliphatic carbocycles. The summed E-state index contributed by atoms with van der Waals surface area (Å²) in [5, 5.41) is 11.6. The van der Waals surface area contributed by atoms with E-state index in [-0.39, 0.29) is 12.4 Å². The van der Waals surface area contributed by atoms with Gasteiger partial charge in [-0.25, -0.2) is 0 Å². The van der Waals surface area contributed by atoms with Gasteiger partial charge in [-0.2, -0.15) is 17.9 Å². The van der Waals surface area contributed by atoms with E-state index in [4.69, 9.17) is 0 Å². The summed E-state index contributed by atoms with van der Waals surface area (Å²) < 4.78 is 39.5. The zero-order valence-electron chi connectivity index (χ0n) is 14.6. The number of alkyl halides is 3. The summed E-state index contributed by atoms with van der Waals surface area (Å²) in [5.41, 5.74) is -0.163. The van der Waals surface area contributed by atoms with Gasteiger partial charge in [0.05, 0.1) is 17.8 Å². The molecule has 3 rings (SSSR count). The number of piperazine rings is 1. The summed E-state index contributed by atoms with van der Waals surface area (Å²) in [6, 6.07) is 5.39. The van der Waals surface area contributed by atoms with E-state index in [1.807, 2.05) is 0 Å². The van der Waals surface area contributed by atoms with Gasteiger partial charge in [0.15, 0.2) is 5.82 Å². The van der Waals surface area contributed by atoms with Crippen molar-refractivity contribution >= 4 is 12.4 Å². The molecule has 0 atom stereocenters. The number of rotatable bonds is 4. The molecule has 1 aliphatic rings. The van der Waals surface area contributed by atoms with Crippen LogP contribution in [0.4, 0.5) is 13.2 Å². The molecular formula is C16H22ClF3N6. The number of hydrogen-bond acceptors (Lipinski definition) is 5. The van der Waals surface area contributed by atoms with Crippen LogP contribution in [0.2, 0.25) is 0 Å². The average Bonchev–Trinajstić information content (AvgIpc) is 3.03. The van der Waals surface area contributed by atoms with Crippen LogP contribution in [0.1, 0.15) is 25.2 Å². The van der Waals surface area contributed by atoms with Crippen molar-refractivity contribution in [3.05, 3.63) is 35.7 Å². The summed E-state index contributed by atoms with van der Waals surface area (Å²) in [6.45, 7) is 8.73. The van der Waals surface area contributed by atoms with Gasteiger partial charge in [-0.05, 0) is 48.5 Å². The zero-order chi connectivity index (χ0) is 18.0. The first-order valence-corrected chi connectivity index (χ1v) is 8.26. The monoisotopic (exact) mass is 390 g/mol. The molecule has 0 radical (unpaired) electrons. The second kappa shape index (κ2) is 8.32. The molecule has 1 aromatic heterocycles. The van der Waals surface area contributed by atoms with Gasteiger partial charge in [0.2, 0.25) is 0 Å². The number of halogens is 4. The lowest BCUT2D eigenvalue weighted by Gasteiger charge is -2.36. The molecular weight excluding hydrogens is 369 g/mol. The molecule has 10 heteroatoms. The van der Waals surface area contributed by atoms with Crippen LogP contribution in [-0.2, 0) is 12.7 Å². The minimum atomic E-state index is -4.35. The van der Waals surface area contributed by atoms with E-state index in [1.54, 1.807) is 0 Å². The van der Waals surface area contributed by atoms with Gasteiger partial charge in [0.25, 0.3) is 0 Å². The standard InChI is InChI=1S/C16H21F3N6.ClH/c1-12(2)24-9-7-23(8-10-24)11-15-20-21-22-25(15)14-5-3-13(4-6-14)16(17,18)19;/h3-6,12H,7-11H2,1-2H3;1H. The fourth-order valence-corrected chi connectivity index (χ4v) is 2.93. The van der Waals surface area contributed by atoms with Gasteiger partial charge >= 0.3 is 6.18 Å². The Labute approximate surface area is 156 Å². The fourth-order valence-electron chi connectivity index (χ4n) is 2.93. The number of hydrogen-bond donors (Lipinski definition) is 0. The molecule has 0 N–H and O–H groups in total. The second-order valence-electron chi connectivity index (χ2n) is 6.46. The maximum atomic E-state index is 12.7. The maximum Gasteiger partial charge on any atom is 0.416 e. The molecule has 2 heterocycles. The van der Waals surface area contributed by atoms with Gasteiger partial charge in [-0.1, -0.05) is 0 Å². The first-order chi connectivity index (χ1) is 11.8. The van der Waals surface area contributed by atoms with Crippen molar-refractivity contribution in [3.63, 3.8) is 0 Å². The van der Waals surface area contributed by atoms with E-state index >= 15 is 0 Å². The van der Waals surface area contributed by atoms with Crippen LogP contribution < -0.4 is 0 Å². The first-order valence-electron chi connectivity index (χ1n) is 8.26. The van der Waals surface area contributed by atoms with Crippen LogP contribution in [0.15, 0.2) is 24.3 Å². The molecule has 26 heavy (non-hydrogen) atoms. The topological polar surface area (TPSA) is 50.1 Å². The van der Waals surface area contributed by atoms with Gasteiger partial charge in [-0.15, -0.1) is 17.5 Å². The SMILES string of the molecule is CC(C)N1CCN(Cc2nnnn2-c2ccc(C(F)(F)F)cc2)CC1.Cl. The summed E-state index contributed by atoms with van der Waals surface area (Å²) in [5.74, 6) is 0.623. The Morgan fingerprint density at radius 3 is 2.19 bits per heavy atom. The van der Waals surface area contributed by atoms with Crippen molar-refractivity contribution in [1.82, 2.24) is 30.0 Å². The van der Waals surface area contributed by atoms with Gasteiger partial charge < -0.3 is 0 Å². The van der Waals surface area contributed by atoms with Crippen molar-refractivity contribution in [3.8, 4) is 5.69 Å². The molecule has 1 aromatic carbocycles. The highest BCUT2D eigenvalue weighted by Crippen LogP contribution is 2.29. The van der Waals surface area contributed by atoms with Crippen molar-refractivity contribution < 1.29 is 13.2 Å². The predicted molar refractivity (Wildman–Crippen MR) is 93.4 cm³/mol. The minimum Gasteiger partial charge on any atom is -0.298 e. The van der Waals surface area contributed by atoms with E-state index in [0.29, 0.717) is 24.1 Å². The Balaban J connectivity index is 0.00000243. The van der Waals surface area contributed by atoms with Crippen molar-refractivity contribution in [2.24, 2.45) is 0 Å². The average molecular weight is 391 g/mol. The molecule has 1 saturated heterocycles. The summed E-state index contributed by atoms with van der Waals surface area (Å²) in [4.78, 5) is 4.67. The van der Waals surface area contributed by atoms with E-state index in [0.717, 1.165) is 38.3 Å². The Bertz CT molecular complexity index is 693. The predicted octanol–water partition coefficient (Wildman–Crippen LogP) is 2.63. The van der Waals surface area contributed by atoms with E-state index in [9.17, 15) is 13.2 Å². The second-order valence-corrected chi connectivity index (χ2v) is 6.46. The van der Waals surface area contributed by atoms with Crippen molar-refractivity contribution in [2.75, 3.05) is 26.2 Å². The molecule has 1 aliphatic heterocycles. The summed E-state index contributed by atoms with van der Waals surface area (Å²) in [7, 11) is 0. The van der Waals surface area contributed by atoms with Crippen LogP contribution in [-0.4, -0.2) is 62.2 Å². The van der Waals surface area contributed by atoms with Gasteiger partial charge in [0, 0.05) is 32.2 Å². The summed E-state index contributed by atoms with van der Waals surface area (Å²) >= 11 is 0. The molecule has 0 unspecified atom stereocenters. The van der Waals surface area contributed by atoms with Crippen LogP contribution in [0.3, 0.4) is 0 Å². The maximum absolute atomic E-state index is 12.7. The van der Waals surface area contributed by atoms with E-state index < -0.39 is 11.7 Å². The molecule has 0 saturated carbocycles.